The van der Waals surface area contributed by atoms with E-state index in [1.54, 1.807) is 6.92 Å². The predicted octanol–water partition coefficient (Wildman–Crippen LogP) is 4.85. The van der Waals surface area contributed by atoms with Crippen LogP contribution in [0.15, 0.2) is 11.6 Å². The molecule has 158 valence electrons. The number of rotatable bonds is 1. The number of ketones is 1. The normalized spacial score (nSPS) is 61.0. The summed E-state index contributed by atoms with van der Waals surface area (Å²) in [4.78, 5) is 37.6. The Balaban J connectivity index is 1.68. The van der Waals surface area contributed by atoms with Crippen molar-refractivity contribution in [3.63, 3.8) is 0 Å². The molecule has 4 nitrogen and oxygen atoms in total. The van der Waals surface area contributed by atoms with Gasteiger partial charge in [-0.15, -0.1) is 0 Å². The van der Waals surface area contributed by atoms with Crippen molar-refractivity contribution in [2.24, 2.45) is 28.6 Å². The number of allylic oxidation sites excluding steroid dienone is 1. The summed E-state index contributed by atoms with van der Waals surface area (Å²) in [6, 6.07) is -0.540. The van der Waals surface area contributed by atoms with Gasteiger partial charge in [0.25, 0.3) is 0 Å². The maximum Gasteiger partial charge on any atom is 0.306 e. The topological polar surface area (TPSA) is 60.4 Å². The average molecular weight is 424 g/mol. The fraction of sp³-hybridized carbons (Fsp3) is 0.792. The predicted molar refractivity (Wildman–Crippen MR) is 112 cm³/mol. The second-order valence-electron chi connectivity index (χ2n) is 9.75. The highest BCUT2D eigenvalue weighted by Crippen LogP contribution is 2.70. The molecule has 8 atom stereocenters. The van der Waals surface area contributed by atoms with Gasteiger partial charge in [-0.3, -0.25) is 14.4 Å². The van der Waals surface area contributed by atoms with Crippen molar-refractivity contribution in [1.82, 2.24) is 0 Å². The summed E-state index contributed by atoms with van der Waals surface area (Å²) in [5, 5.41) is -2.07. The number of fused-ring (bicyclic) bond motifs is 6. The van der Waals surface area contributed by atoms with Gasteiger partial charge in [-0.1, -0.05) is 31.2 Å². The molecule has 1 heterocycles. The quantitative estimate of drug-likeness (QED) is 0.564. The van der Waals surface area contributed by atoms with Crippen molar-refractivity contribution in [1.29, 1.82) is 0 Å². The lowest BCUT2D eigenvalue weighted by molar-refractivity contribution is -0.167. The highest BCUT2D eigenvalue weighted by molar-refractivity contribution is 8.14. The lowest BCUT2D eigenvalue weighted by Crippen LogP contribution is -2.57. The van der Waals surface area contributed by atoms with Crippen LogP contribution >= 0.6 is 11.8 Å². The summed E-state index contributed by atoms with van der Waals surface area (Å²) in [5.41, 5.74) is -2.56. The number of thioether (sulfide) groups is 1. The summed E-state index contributed by atoms with van der Waals surface area (Å²) in [6.07, 6.45) is -4.04. The summed E-state index contributed by atoms with van der Waals surface area (Å²) in [7, 11) is 0. The van der Waals surface area contributed by atoms with Gasteiger partial charge in [-0.25, -0.2) is 0 Å². The molecule has 1 aliphatic heterocycles. The smallest absolute Gasteiger partial charge is 0.306 e. The van der Waals surface area contributed by atoms with Gasteiger partial charge in [0.05, 0.1) is 1.37 Å². The van der Waals surface area contributed by atoms with E-state index < -0.39 is 64.5 Å². The van der Waals surface area contributed by atoms with E-state index in [1.807, 2.05) is 6.92 Å². The van der Waals surface area contributed by atoms with Crippen LogP contribution in [0.25, 0.3) is 0 Å². The Labute approximate surface area is 187 Å². The van der Waals surface area contributed by atoms with Gasteiger partial charge < -0.3 is 4.74 Å². The van der Waals surface area contributed by atoms with Crippen molar-refractivity contribution in [3.8, 4) is 0 Å². The summed E-state index contributed by atoms with van der Waals surface area (Å²) < 4.78 is 66.3. The monoisotopic (exact) mass is 423 g/mol. The second-order valence-corrected chi connectivity index (χ2v) is 11.0. The largest absolute Gasteiger partial charge is 0.458 e. The van der Waals surface area contributed by atoms with Gasteiger partial charge in [0, 0.05) is 38.5 Å². The van der Waals surface area contributed by atoms with Gasteiger partial charge in [0.15, 0.2) is 10.9 Å². The van der Waals surface area contributed by atoms with Crippen LogP contribution in [0.3, 0.4) is 0 Å². The van der Waals surface area contributed by atoms with Gasteiger partial charge in [0.2, 0.25) is 0 Å². The Morgan fingerprint density at radius 3 is 2.66 bits per heavy atom. The van der Waals surface area contributed by atoms with Crippen LogP contribution < -0.4 is 0 Å². The molecule has 0 aromatic heterocycles. The Bertz CT molecular complexity index is 1110. The number of hydrogen-bond acceptors (Lipinski definition) is 5. The number of carbonyl (C=O) groups is 3. The molecule has 3 saturated carbocycles. The van der Waals surface area contributed by atoms with Crippen molar-refractivity contribution >= 4 is 28.6 Å². The third-order valence-corrected chi connectivity index (χ3v) is 9.45. The highest BCUT2D eigenvalue weighted by Gasteiger charge is 2.68. The number of ether oxygens (including phenoxy) is 1. The van der Waals surface area contributed by atoms with Crippen molar-refractivity contribution < 1.29 is 28.7 Å². The van der Waals surface area contributed by atoms with Crippen molar-refractivity contribution in [2.75, 3.05) is 0 Å². The van der Waals surface area contributed by atoms with E-state index in [1.165, 1.54) is 6.92 Å². The minimum atomic E-state index is -2.26. The van der Waals surface area contributed by atoms with Gasteiger partial charge >= 0.3 is 5.97 Å². The molecule has 0 N–H and O–H groups in total. The molecule has 4 aliphatic carbocycles. The van der Waals surface area contributed by atoms with E-state index in [0.29, 0.717) is 25.7 Å². The van der Waals surface area contributed by atoms with Gasteiger partial charge in [0.1, 0.15) is 5.60 Å². The molecule has 5 aliphatic rings. The standard InChI is InChI=1S/C24H32O4S/c1-14(25)29-19-13-15-12-16(26)4-8-22(15,2)17-5-9-23(3)18(21(17)19)6-10-24(23)11-7-20(27)28-24/h12,17-19,21H,4-11,13H2,1-3H3/t17-,18-,19+,21+,22-,23-,24+/m0/s1/i4D2,7D2,12D,13D,19D/t13-,17-,18-,19+,21+,22-,23-,24+. The molecule has 5 rings (SSSR count). The number of hydrogen-bond donors (Lipinski definition) is 0. The zero-order chi connectivity index (χ0) is 26.9. The third-order valence-electron chi connectivity index (χ3n) is 8.54. The van der Waals surface area contributed by atoms with E-state index >= 15 is 0 Å². The first-order chi connectivity index (χ1) is 16.4. The first-order valence-electron chi connectivity index (χ1n) is 14.1. The molecule has 1 spiro atoms. The molecule has 5 heteroatoms. The molecule has 4 fully saturated rings. The van der Waals surface area contributed by atoms with Crippen LogP contribution in [0.4, 0.5) is 0 Å². The zero-order valence-corrected chi connectivity index (χ0v) is 17.9. The second kappa shape index (κ2) is 6.45. The van der Waals surface area contributed by atoms with Crippen LogP contribution in [-0.4, -0.2) is 27.7 Å². The molecular formula is C24H32O4S. The fourth-order valence-electron chi connectivity index (χ4n) is 6.97. The maximum absolute atomic E-state index is 12.8. The molecule has 1 saturated heterocycles. The number of esters is 1. The lowest BCUT2D eigenvalue weighted by Gasteiger charge is -2.61. The molecule has 29 heavy (non-hydrogen) atoms. The van der Waals surface area contributed by atoms with Gasteiger partial charge in [-0.2, -0.15) is 0 Å². The molecule has 0 radical (unpaired) electrons. The van der Waals surface area contributed by atoms with Crippen LogP contribution in [0.5, 0.6) is 0 Å². The molecule has 0 bridgehead atoms. The molecule has 0 unspecified atom stereocenters. The fourth-order valence-corrected chi connectivity index (χ4v) is 7.94. The zero-order valence-electron chi connectivity index (χ0n) is 24.1. The first kappa shape index (κ1) is 13.3. The van der Waals surface area contributed by atoms with E-state index in [2.05, 4.69) is 0 Å². The van der Waals surface area contributed by atoms with E-state index in [-0.39, 0.29) is 35.4 Å². The minimum absolute atomic E-state index is 0.0747. The maximum atomic E-state index is 12.8. The Kier molecular flexibility index (Phi) is 2.97. The number of carbonyl (C=O) groups excluding carboxylic acids is 3. The summed E-state index contributed by atoms with van der Waals surface area (Å²) >= 11 is 0.744. The third kappa shape index (κ3) is 2.68. The van der Waals surface area contributed by atoms with Crippen LogP contribution in [-0.2, 0) is 19.1 Å². The van der Waals surface area contributed by atoms with Gasteiger partial charge in [-0.05, 0) is 74.1 Å². The van der Waals surface area contributed by atoms with E-state index in [0.717, 1.165) is 11.8 Å². The minimum Gasteiger partial charge on any atom is -0.458 e. The summed E-state index contributed by atoms with van der Waals surface area (Å²) in [5.74, 6) is -3.04. The highest BCUT2D eigenvalue weighted by atomic mass is 32.2. The molecule has 0 amide bonds. The van der Waals surface area contributed by atoms with Crippen molar-refractivity contribution in [2.45, 2.75) is 89.3 Å². The molecule has 0 aromatic rings. The Morgan fingerprint density at radius 2 is 1.97 bits per heavy atom. The van der Waals surface area contributed by atoms with Crippen LogP contribution in [0.2, 0.25) is 0 Å². The SMILES string of the molecule is [2H]C1=C2[C@H]([2H])[C@@]([2H])(SC(C)=O)[C@@H]3[C@H](CC[C@@]4(C)[C@H]3CC[C@@]43CC([2H])([2H])C(=O)O3)[C@@]2(C)CC([2H])([2H])C1=O. The van der Waals surface area contributed by atoms with Crippen LogP contribution in [0.1, 0.15) is 88.0 Å². The molecule has 0 aromatic carbocycles. The molecular weight excluding hydrogens is 384 g/mol. The van der Waals surface area contributed by atoms with Crippen LogP contribution in [0, 0.1) is 28.6 Å². The van der Waals surface area contributed by atoms with Crippen molar-refractivity contribution in [3.05, 3.63) is 11.6 Å². The Hall–Kier alpha value is -1.10. The first-order valence-corrected chi connectivity index (χ1v) is 11.3. The Morgan fingerprint density at radius 1 is 1.21 bits per heavy atom. The summed E-state index contributed by atoms with van der Waals surface area (Å²) in [6.45, 7) is 5.11. The lowest BCUT2D eigenvalue weighted by atomic mass is 9.46. The van der Waals surface area contributed by atoms with E-state index in [9.17, 15) is 17.1 Å². The average Bonchev–Trinajstić information content (AvgIpc) is 3.14. The van der Waals surface area contributed by atoms with E-state index in [4.69, 9.17) is 11.6 Å².